The van der Waals surface area contributed by atoms with Crippen LogP contribution in [0.3, 0.4) is 0 Å². The first-order chi connectivity index (χ1) is 10.1. The van der Waals surface area contributed by atoms with E-state index in [1.165, 1.54) is 11.6 Å². The van der Waals surface area contributed by atoms with Crippen molar-refractivity contribution >= 4 is 11.8 Å². The van der Waals surface area contributed by atoms with E-state index >= 15 is 0 Å². The topological polar surface area (TPSA) is 52.4 Å². The van der Waals surface area contributed by atoms with Gasteiger partial charge in [0.05, 0.1) is 4.92 Å². The summed E-state index contributed by atoms with van der Waals surface area (Å²) in [6.07, 6.45) is 4.66. The number of fused-ring (bicyclic) bond motifs is 1. The molecule has 0 amide bonds. The number of hydrogen-bond donors (Lipinski definition) is 0. The predicted molar refractivity (Wildman–Crippen MR) is 81.0 cm³/mol. The molecule has 2 aromatic rings. The highest BCUT2D eigenvalue weighted by molar-refractivity contribution is 5.60. The van der Waals surface area contributed by atoms with Crippen molar-refractivity contribution in [1.82, 2.24) is 0 Å². The smallest absolute Gasteiger partial charge is 0.269 e. The Labute approximate surface area is 122 Å². The van der Waals surface area contributed by atoms with E-state index in [-0.39, 0.29) is 10.6 Å². The molecule has 21 heavy (non-hydrogen) atoms. The van der Waals surface area contributed by atoms with Crippen LogP contribution in [0.15, 0.2) is 54.6 Å². The molecule has 106 valence electrons. The summed E-state index contributed by atoms with van der Waals surface area (Å²) in [6, 6.07) is 14.7. The lowest BCUT2D eigenvalue weighted by Crippen LogP contribution is -2.31. The molecule has 0 spiro atoms. The van der Waals surface area contributed by atoms with Crippen molar-refractivity contribution in [2.45, 2.75) is 12.0 Å². The van der Waals surface area contributed by atoms with Gasteiger partial charge in [0.25, 0.3) is 5.69 Å². The van der Waals surface area contributed by atoms with Crippen LogP contribution >= 0.6 is 0 Å². The Morgan fingerprint density at radius 2 is 2.00 bits per heavy atom. The van der Waals surface area contributed by atoms with Gasteiger partial charge in [0.2, 0.25) is 0 Å². The Morgan fingerprint density at radius 3 is 2.76 bits per heavy atom. The zero-order valence-corrected chi connectivity index (χ0v) is 11.7. The molecule has 4 nitrogen and oxygen atoms in total. The molecule has 2 aromatic carbocycles. The molecule has 0 heterocycles. The molecule has 0 N–H and O–H groups in total. The van der Waals surface area contributed by atoms with Crippen LogP contribution in [0.5, 0.6) is 0 Å². The lowest BCUT2D eigenvalue weighted by atomic mass is 9.81. The largest absolute Gasteiger partial charge is 0.369 e. The van der Waals surface area contributed by atoms with E-state index in [0.717, 1.165) is 11.1 Å². The van der Waals surface area contributed by atoms with Crippen LogP contribution in [0, 0.1) is 10.1 Å². The van der Waals surface area contributed by atoms with Gasteiger partial charge in [-0.1, -0.05) is 42.5 Å². The third-order valence-electron chi connectivity index (χ3n) is 3.95. The second-order valence-corrected chi connectivity index (χ2v) is 5.11. The van der Waals surface area contributed by atoms with Gasteiger partial charge < -0.3 is 4.74 Å². The number of ether oxygens (including phenoxy) is 1. The van der Waals surface area contributed by atoms with Gasteiger partial charge in [-0.3, -0.25) is 10.1 Å². The highest BCUT2D eigenvalue weighted by Gasteiger charge is 2.33. The Hall–Kier alpha value is -2.46. The van der Waals surface area contributed by atoms with Gasteiger partial charge in [0.15, 0.2) is 0 Å². The van der Waals surface area contributed by atoms with Crippen LogP contribution in [-0.4, -0.2) is 12.0 Å². The Balaban J connectivity index is 2.07. The number of benzene rings is 2. The third kappa shape index (κ3) is 2.34. The second-order valence-electron chi connectivity index (χ2n) is 5.11. The maximum Gasteiger partial charge on any atom is 0.269 e. The lowest BCUT2D eigenvalue weighted by molar-refractivity contribution is -0.385. The molecule has 0 bridgehead atoms. The van der Waals surface area contributed by atoms with Crippen LogP contribution in [-0.2, 0) is 16.8 Å². The summed E-state index contributed by atoms with van der Waals surface area (Å²) in [7, 11) is 1.64. The summed E-state index contributed by atoms with van der Waals surface area (Å²) in [6.45, 7) is 0. The van der Waals surface area contributed by atoms with Crippen LogP contribution in [0.25, 0.3) is 6.08 Å². The molecule has 0 fully saturated rings. The number of nitro benzene ring substituents is 1. The first kappa shape index (κ1) is 13.5. The van der Waals surface area contributed by atoms with E-state index in [9.17, 15) is 10.1 Å². The van der Waals surface area contributed by atoms with Gasteiger partial charge in [0.1, 0.15) is 5.60 Å². The minimum Gasteiger partial charge on any atom is -0.369 e. The number of nitro groups is 1. The van der Waals surface area contributed by atoms with E-state index in [1.807, 2.05) is 30.4 Å². The van der Waals surface area contributed by atoms with Crippen molar-refractivity contribution in [2.75, 3.05) is 7.11 Å². The maximum absolute atomic E-state index is 11.0. The first-order valence-corrected chi connectivity index (χ1v) is 6.72. The van der Waals surface area contributed by atoms with Gasteiger partial charge in [-0.2, -0.15) is 0 Å². The number of non-ortho nitro benzene ring substituents is 1. The Morgan fingerprint density at radius 1 is 1.19 bits per heavy atom. The van der Waals surface area contributed by atoms with E-state index < -0.39 is 5.60 Å². The van der Waals surface area contributed by atoms with Crippen molar-refractivity contribution in [3.05, 3.63) is 81.4 Å². The van der Waals surface area contributed by atoms with E-state index in [2.05, 4.69) is 12.1 Å². The van der Waals surface area contributed by atoms with Gasteiger partial charge in [-0.25, -0.2) is 0 Å². The van der Waals surface area contributed by atoms with Crippen molar-refractivity contribution in [3.63, 3.8) is 0 Å². The summed E-state index contributed by atoms with van der Waals surface area (Å²) >= 11 is 0. The average molecular weight is 281 g/mol. The lowest BCUT2D eigenvalue weighted by Gasteiger charge is -2.33. The predicted octanol–water partition coefficient (Wildman–Crippen LogP) is 3.71. The maximum atomic E-state index is 11.0. The monoisotopic (exact) mass is 281 g/mol. The Kier molecular flexibility index (Phi) is 3.31. The number of methoxy groups -OCH3 is 1. The molecule has 3 rings (SSSR count). The molecule has 4 heteroatoms. The molecule has 0 aliphatic heterocycles. The summed E-state index contributed by atoms with van der Waals surface area (Å²) in [5.74, 6) is 0. The molecule has 0 saturated heterocycles. The van der Waals surface area contributed by atoms with Gasteiger partial charge >= 0.3 is 0 Å². The first-order valence-electron chi connectivity index (χ1n) is 6.72. The summed E-state index contributed by atoms with van der Waals surface area (Å²) in [5, 5.41) is 11.0. The van der Waals surface area contributed by atoms with Crippen molar-refractivity contribution < 1.29 is 9.66 Å². The summed E-state index contributed by atoms with van der Waals surface area (Å²) in [5.41, 5.74) is 2.56. The van der Waals surface area contributed by atoms with Crippen LogP contribution in [0.2, 0.25) is 0 Å². The number of hydrogen-bond acceptors (Lipinski definition) is 3. The normalized spacial score (nSPS) is 20.0. The van der Waals surface area contributed by atoms with Gasteiger partial charge in [-0.15, -0.1) is 0 Å². The molecule has 0 saturated carbocycles. The quantitative estimate of drug-likeness (QED) is 0.636. The average Bonchev–Trinajstić information content (AvgIpc) is 2.54. The van der Waals surface area contributed by atoms with E-state index in [0.29, 0.717) is 6.42 Å². The summed E-state index contributed by atoms with van der Waals surface area (Å²) < 4.78 is 5.75. The molecular weight excluding hydrogens is 266 g/mol. The minimum atomic E-state index is -0.652. The Bertz CT molecular complexity index is 723. The number of rotatable bonds is 3. The van der Waals surface area contributed by atoms with Crippen LogP contribution in [0.1, 0.15) is 16.7 Å². The highest BCUT2D eigenvalue weighted by Crippen LogP contribution is 2.37. The molecule has 0 radical (unpaired) electrons. The molecular formula is C17H15NO3. The van der Waals surface area contributed by atoms with Gasteiger partial charge in [-0.05, 0) is 22.8 Å². The summed E-state index contributed by atoms with van der Waals surface area (Å²) in [4.78, 5) is 10.6. The molecule has 1 atom stereocenters. The van der Waals surface area contributed by atoms with E-state index in [4.69, 9.17) is 4.74 Å². The molecule has 1 aliphatic rings. The fourth-order valence-corrected chi connectivity index (χ4v) is 2.76. The minimum absolute atomic E-state index is 0.0798. The van der Waals surface area contributed by atoms with Gasteiger partial charge in [0, 0.05) is 25.7 Å². The zero-order chi connectivity index (χ0) is 14.9. The van der Waals surface area contributed by atoms with Crippen molar-refractivity contribution in [1.29, 1.82) is 0 Å². The van der Waals surface area contributed by atoms with E-state index in [1.54, 1.807) is 19.2 Å². The van der Waals surface area contributed by atoms with Crippen LogP contribution in [0.4, 0.5) is 5.69 Å². The fourth-order valence-electron chi connectivity index (χ4n) is 2.76. The van der Waals surface area contributed by atoms with Crippen molar-refractivity contribution in [3.8, 4) is 0 Å². The molecule has 1 aliphatic carbocycles. The van der Waals surface area contributed by atoms with Crippen molar-refractivity contribution in [2.24, 2.45) is 0 Å². The zero-order valence-electron chi connectivity index (χ0n) is 11.7. The molecule has 0 aromatic heterocycles. The third-order valence-corrected chi connectivity index (χ3v) is 3.95. The number of nitrogens with zero attached hydrogens (tertiary/aromatic N) is 1. The molecule has 1 unspecified atom stereocenters. The fraction of sp³-hybridized carbons (Fsp3) is 0.176. The second kappa shape index (κ2) is 5.14. The highest BCUT2D eigenvalue weighted by atomic mass is 16.6. The van der Waals surface area contributed by atoms with Crippen LogP contribution < -0.4 is 0 Å². The SMILES string of the molecule is COC1(c2cccc([N+](=O)[O-])c2)C=Cc2ccccc2C1. The standard InChI is InChI=1S/C17H15NO3/c1-21-17(15-7-4-8-16(11-15)18(19)20)10-9-13-5-2-3-6-14(13)12-17/h2-11H,12H2,1H3.